The first kappa shape index (κ1) is 12.6. The van der Waals surface area contributed by atoms with E-state index in [2.05, 4.69) is 20.8 Å². The molecule has 0 radical (unpaired) electrons. The Bertz CT molecular complexity index is 420. The lowest BCUT2D eigenvalue weighted by molar-refractivity contribution is 0.188. The third kappa shape index (κ3) is 2.33. The molecule has 2 aliphatic rings. The normalized spacial score (nSPS) is 28.3. The van der Waals surface area contributed by atoms with Crippen molar-refractivity contribution >= 4 is 34.1 Å². The van der Waals surface area contributed by atoms with Gasteiger partial charge >= 0.3 is 0 Å². The largest absolute Gasteiger partial charge is 0.382 e. The number of anilines is 2. The Morgan fingerprint density at radius 1 is 1.44 bits per heavy atom. The fourth-order valence-corrected chi connectivity index (χ4v) is 4.73. The predicted molar refractivity (Wildman–Crippen MR) is 79.5 cm³/mol. The van der Waals surface area contributed by atoms with Crippen LogP contribution in [0.2, 0.25) is 0 Å². The third-order valence-electron chi connectivity index (χ3n) is 4.03. The minimum Gasteiger partial charge on any atom is -0.382 e. The highest BCUT2D eigenvalue weighted by atomic mass is 32.2. The summed E-state index contributed by atoms with van der Waals surface area (Å²) in [6, 6.07) is 1.40. The van der Waals surface area contributed by atoms with Crippen molar-refractivity contribution in [3.8, 4) is 0 Å². The van der Waals surface area contributed by atoms with E-state index in [9.17, 15) is 0 Å². The molecule has 2 aliphatic heterocycles. The second kappa shape index (κ2) is 5.27. The van der Waals surface area contributed by atoms with Crippen molar-refractivity contribution in [2.45, 2.75) is 42.7 Å². The second-order valence-corrected chi connectivity index (χ2v) is 6.72. The van der Waals surface area contributed by atoms with Crippen molar-refractivity contribution in [2.24, 2.45) is 0 Å². The van der Waals surface area contributed by atoms with Crippen LogP contribution in [0.4, 0.5) is 10.8 Å². The van der Waals surface area contributed by atoms with E-state index in [1.165, 1.54) is 50.3 Å². The quantitative estimate of drug-likeness (QED) is 0.835. The maximum Gasteiger partial charge on any atom is 0.153 e. The molecule has 0 saturated carbocycles. The van der Waals surface area contributed by atoms with E-state index in [0.717, 1.165) is 15.9 Å². The van der Waals surface area contributed by atoms with Crippen molar-refractivity contribution in [3.05, 3.63) is 0 Å². The van der Waals surface area contributed by atoms with Crippen LogP contribution in [0.5, 0.6) is 0 Å². The van der Waals surface area contributed by atoms with Crippen molar-refractivity contribution < 1.29 is 0 Å². The zero-order valence-corrected chi connectivity index (χ0v) is 12.3. The predicted octanol–water partition coefficient (Wildman–Crippen LogP) is 2.49. The topological polar surface area (TPSA) is 54.2 Å². The van der Waals surface area contributed by atoms with Crippen molar-refractivity contribution in [3.63, 3.8) is 0 Å². The van der Waals surface area contributed by atoms with Crippen LogP contribution in [0.1, 0.15) is 25.7 Å². The number of hydrogen-bond acceptors (Lipinski definition) is 6. The van der Waals surface area contributed by atoms with Gasteiger partial charge in [0.15, 0.2) is 5.82 Å². The van der Waals surface area contributed by atoms with Gasteiger partial charge in [-0.3, -0.25) is 0 Å². The minimum absolute atomic E-state index is 0.593. The van der Waals surface area contributed by atoms with E-state index < -0.39 is 0 Å². The summed E-state index contributed by atoms with van der Waals surface area (Å²) in [7, 11) is 0. The maximum absolute atomic E-state index is 5.87. The number of nitrogens with two attached hydrogens (primary N) is 1. The van der Waals surface area contributed by atoms with Crippen LogP contribution in [-0.2, 0) is 0 Å². The average Bonchev–Trinajstić information content (AvgIpc) is 2.96. The molecule has 4 nitrogen and oxygen atoms in total. The molecule has 0 bridgehead atoms. The number of thioether (sulfide) groups is 1. The Kier molecular flexibility index (Phi) is 3.68. The lowest BCUT2D eigenvalue weighted by Crippen LogP contribution is -2.42. The molecule has 1 aromatic heterocycles. The Morgan fingerprint density at radius 2 is 2.33 bits per heavy atom. The molecule has 2 unspecified atom stereocenters. The molecule has 3 rings (SSSR count). The molecule has 0 amide bonds. The molecule has 0 aromatic carbocycles. The molecule has 1 aromatic rings. The minimum atomic E-state index is 0.593. The summed E-state index contributed by atoms with van der Waals surface area (Å²) < 4.78 is 4.25. The summed E-state index contributed by atoms with van der Waals surface area (Å²) in [5.41, 5.74) is 5.87. The molecular formula is C12H20N4S2. The fourth-order valence-electron chi connectivity index (χ4n) is 3.12. The van der Waals surface area contributed by atoms with Gasteiger partial charge in [0, 0.05) is 18.6 Å². The zero-order valence-electron chi connectivity index (χ0n) is 10.7. The van der Waals surface area contributed by atoms with Gasteiger partial charge in [0.1, 0.15) is 5.00 Å². The number of rotatable bonds is 3. The monoisotopic (exact) mass is 284 g/mol. The van der Waals surface area contributed by atoms with Crippen LogP contribution in [0.25, 0.3) is 0 Å². The number of nitrogens with zero attached hydrogens (tertiary/aromatic N) is 2. The van der Waals surface area contributed by atoms with Crippen LogP contribution >= 0.6 is 23.3 Å². The molecule has 2 atom stereocenters. The molecule has 3 N–H and O–H groups in total. The van der Waals surface area contributed by atoms with Gasteiger partial charge in [-0.15, -0.1) is 11.8 Å². The van der Waals surface area contributed by atoms with Gasteiger partial charge in [-0.1, -0.05) is 0 Å². The molecule has 2 saturated heterocycles. The number of piperidine rings is 1. The maximum atomic E-state index is 5.87. The van der Waals surface area contributed by atoms with Crippen molar-refractivity contribution in [2.75, 3.05) is 30.4 Å². The lowest BCUT2D eigenvalue weighted by Gasteiger charge is -2.35. The van der Waals surface area contributed by atoms with Crippen LogP contribution < -0.4 is 11.1 Å². The van der Waals surface area contributed by atoms with Gasteiger partial charge in [-0.2, -0.15) is 4.37 Å². The SMILES string of the molecule is CSc1c(N)nsc1NC1CCN2CCCC2C1. The van der Waals surface area contributed by atoms with Gasteiger partial charge in [0.05, 0.1) is 4.90 Å². The fraction of sp³-hybridized carbons (Fsp3) is 0.750. The first-order chi connectivity index (χ1) is 8.78. The van der Waals surface area contributed by atoms with E-state index in [1.807, 2.05) is 0 Å². The molecule has 0 spiro atoms. The summed E-state index contributed by atoms with van der Waals surface area (Å²) in [4.78, 5) is 3.77. The number of aromatic nitrogens is 1. The Hall–Kier alpha value is -0.460. The molecule has 100 valence electrons. The van der Waals surface area contributed by atoms with Crippen molar-refractivity contribution in [1.29, 1.82) is 0 Å². The molecule has 6 heteroatoms. The highest BCUT2D eigenvalue weighted by Gasteiger charge is 2.32. The number of nitrogens with one attached hydrogen (secondary N) is 1. The molecule has 2 fully saturated rings. The number of fused-ring (bicyclic) bond motifs is 1. The summed E-state index contributed by atoms with van der Waals surface area (Å²) in [5.74, 6) is 0.674. The van der Waals surface area contributed by atoms with Gasteiger partial charge in [0.2, 0.25) is 0 Å². The third-order valence-corrected chi connectivity index (χ3v) is 5.78. The van der Waals surface area contributed by atoms with Crippen molar-refractivity contribution in [1.82, 2.24) is 9.27 Å². The van der Waals surface area contributed by atoms with Gasteiger partial charge in [-0.25, -0.2) is 0 Å². The summed E-state index contributed by atoms with van der Waals surface area (Å²) in [5, 5.41) is 4.83. The second-order valence-electron chi connectivity index (χ2n) is 5.13. The van der Waals surface area contributed by atoms with Crippen LogP contribution in [0.3, 0.4) is 0 Å². The van der Waals surface area contributed by atoms with E-state index in [1.54, 1.807) is 11.8 Å². The lowest BCUT2D eigenvalue weighted by atomic mass is 9.98. The number of nitrogen functional groups attached to an aromatic ring is 1. The molecular weight excluding hydrogens is 264 g/mol. The smallest absolute Gasteiger partial charge is 0.153 e. The Labute approximate surface area is 116 Å². The van der Waals surface area contributed by atoms with Gasteiger partial charge in [0.25, 0.3) is 0 Å². The van der Waals surface area contributed by atoms with E-state index in [4.69, 9.17) is 5.73 Å². The molecule has 0 aliphatic carbocycles. The standard InChI is InChI=1S/C12H20N4S2/c1-17-10-11(13)15-18-12(10)14-8-4-6-16-5-2-3-9(16)7-8/h8-9,14H,2-7H2,1H3,(H2,13,15). The van der Waals surface area contributed by atoms with E-state index in [-0.39, 0.29) is 0 Å². The number of hydrogen-bond donors (Lipinski definition) is 2. The van der Waals surface area contributed by atoms with Crippen LogP contribution in [-0.4, -0.2) is 40.7 Å². The van der Waals surface area contributed by atoms with E-state index >= 15 is 0 Å². The Morgan fingerprint density at radius 3 is 3.17 bits per heavy atom. The average molecular weight is 284 g/mol. The summed E-state index contributed by atoms with van der Waals surface area (Å²) in [6.45, 7) is 2.55. The zero-order chi connectivity index (χ0) is 12.5. The summed E-state index contributed by atoms with van der Waals surface area (Å²) in [6.07, 6.45) is 7.32. The van der Waals surface area contributed by atoms with Gasteiger partial charge in [-0.05, 0) is 50.0 Å². The Balaban J connectivity index is 1.66. The van der Waals surface area contributed by atoms with Crippen LogP contribution in [0, 0.1) is 0 Å². The first-order valence-corrected chi connectivity index (χ1v) is 8.57. The highest BCUT2D eigenvalue weighted by Crippen LogP contribution is 2.37. The summed E-state index contributed by atoms with van der Waals surface area (Å²) >= 11 is 3.19. The molecule has 3 heterocycles. The van der Waals surface area contributed by atoms with E-state index in [0.29, 0.717) is 11.9 Å². The first-order valence-electron chi connectivity index (χ1n) is 6.57. The highest BCUT2D eigenvalue weighted by molar-refractivity contribution is 7.99. The molecule has 18 heavy (non-hydrogen) atoms. The van der Waals surface area contributed by atoms with Gasteiger partial charge < -0.3 is 16.0 Å². The van der Waals surface area contributed by atoms with Crippen LogP contribution in [0.15, 0.2) is 4.90 Å².